The summed E-state index contributed by atoms with van der Waals surface area (Å²) in [6.07, 6.45) is 2.13. The Morgan fingerprint density at radius 3 is 2.86 bits per heavy atom. The van der Waals surface area contributed by atoms with Gasteiger partial charge in [-0.05, 0) is 42.8 Å². The van der Waals surface area contributed by atoms with Gasteiger partial charge in [-0.25, -0.2) is 0 Å². The Morgan fingerprint density at radius 1 is 1.10 bits per heavy atom. The van der Waals surface area contributed by atoms with E-state index in [9.17, 15) is 0 Å². The number of aromatic amines is 1. The lowest BCUT2D eigenvalue weighted by Gasteiger charge is -2.32. The Labute approximate surface area is 175 Å². The zero-order valence-corrected chi connectivity index (χ0v) is 17.7. The predicted molar refractivity (Wildman–Crippen MR) is 118 cm³/mol. The van der Waals surface area contributed by atoms with Gasteiger partial charge >= 0.3 is 0 Å². The number of rotatable bonds is 3. The highest BCUT2D eigenvalue weighted by atomic mass is 32.1. The Hall–Kier alpha value is -1.99. The van der Waals surface area contributed by atoms with Crippen LogP contribution in [-0.4, -0.2) is 59.8 Å². The van der Waals surface area contributed by atoms with Crippen LogP contribution in [0.25, 0.3) is 21.8 Å². The fourth-order valence-corrected chi connectivity index (χ4v) is 6.12. The molecule has 6 rings (SSSR count). The number of hydrogen-bond acceptors (Lipinski definition) is 5. The third-order valence-corrected chi connectivity index (χ3v) is 7.86. The molecule has 1 aromatic carbocycles. The van der Waals surface area contributed by atoms with Crippen molar-refractivity contribution >= 4 is 11.3 Å². The highest BCUT2D eigenvalue weighted by molar-refractivity contribution is 7.15. The maximum absolute atomic E-state index is 4.72. The van der Waals surface area contributed by atoms with Gasteiger partial charge in [0.25, 0.3) is 0 Å². The maximum Gasteiger partial charge on any atom is 0.0965 e. The summed E-state index contributed by atoms with van der Waals surface area (Å²) in [5, 5.41) is 11.6. The molecule has 6 heteroatoms. The molecule has 29 heavy (non-hydrogen) atoms. The second-order valence-electron chi connectivity index (χ2n) is 8.66. The average Bonchev–Trinajstić information content (AvgIpc) is 3.42. The molecule has 3 aliphatic rings. The monoisotopic (exact) mass is 405 g/mol. The van der Waals surface area contributed by atoms with Gasteiger partial charge < -0.3 is 10.2 Å². The van der Waals surface area contributed by atoms with Gasteiger partial charge in [0.05, 0.1) is 16.3 Å². The minimum atomic E-state index is 0.994. The number of H-pyrrole nitrogens is 1. The number of likely N-dealkylation sites (N-methyl/N-ethyl adjacent to an activating group) is 1. The van der Waals surface area contributed by atoms with Crippen LogP contribution in [0.4, 0.5) is 0 Å². The highest BCUT2D eigenvalue weighted by Gasteiger charge is 2.27. The number of hydrogen-bond donors (Lipinski definition) is 2. The van der Waals surface area contributed by atoms with Crippen LogP contribution in [0.2, 0.25) is 0 Å². The number of nitrogens with zero attached hydrogens (tertiary/aromatic N) is 3. The van der Waals surface area contributed by atoms with Gasteiger partial charge in [-0.3, -0.25) is 10.00 Å². The summed E-state index contributed by atoms with van der Waals surface area (Å²) >= 11 is 1.92. The molecule has 0 atom stereocenters. The van der Waals surface area contributed by atoms with Crippen molar-refractivity contribution in [3.63, 3.8) is 0 Å². The first-order chi connectivity index (χ1) is 14.2. The van der Waals surface area contributed by atoms with Crippen molar-refractivity contribution in [2.45, 2.75) is 25.9 Å². The van der Waals surface area contributed by atoms with Crippen molar-refractivity contribution in [1.29, 1.82) is 0 Å². The maximum atomic E-state index is 4.72. The zero-order chi connectivity index (χ0) is 19.4. The molecule has 150 valence electrons. The third-order valence-electron chi connectivity index (χ3n) is 6.66. The van der Waals surface area contributed by atoms with Crippen LogP contribution in [0.3, 0.4) is 0 Å². The topological polar surface area (TPSA) is 47.2 Å². The molecule has 2 aliphatic heterocycles. The first-order valence-electron chi connectivity index (χ1n) is 10.7. The van der Waals surface area contributed by atoms with Crippen LogP contribution in [0, 0.1) is 0 Å². The molecule has 1 saturated heterocycles. The van der Waals surface area contributed by atoms with E-state index in [1.807, 2.05) is 11.3 Å². The lowest BCUT2D eigenvalue weighted by molar-refractivity contribution is 0.148. The van der Waals surface area contributed by atoms with Gasteiger partial charge in [-0.2, -0.15) is 5.10 Å². The molecule has 5 nitrogen and oxygen atoms in total. The summed E-state index contributed by atoms with van der Waals surface area (Å²) in [4.78, 5) is 7.82. The summed E-state index contributed by atoms with van der Waals surface area (Å²) in [7, 11) is 2.21. The summed E-state index contributed by atoms with van der Waals surface area (Å²) < 4.78 is 0. The normalized spacial score (nSPS) is 19.2. The Morgan fingerprint density at radius 2 is 2.00 bits per heavy atom. The molecule has 2 N–H and O–H groups in total. The number of fused-ring (bicyclic) bond motifs is 4. The first-order valence-corrected chi connectivity index (χ1v) is 11.5. The molecule has 2 aromatic heterocycles. The fraction of sp³-hybridized carbons (Fsp3) is 0.435. The lowest BCUT2D eigenvalue weighted by atomic mass is 10.0. The van der Waals surface area contributed by atoms with E-state index in [0.717, 1.165) is 51.3 Å². The van der Waals surface area contributed by atoms with Crippen molar-refractivity contribution in [1.82, 2.24) is 25.3 Å². The van der Waals surface area contributed by atoms with E-state index in [-0.39, 0.29) is 0 Å². The van der Waals surface area contributed by atoms with Gasteiger partial charge in [-0.1, -0.05) is 18.2 Å². The van der Waals surface area contributed by atoms with Gasteiger partial charge in [-0.15, -0.1) is 11.3 Å². The zero-order valence-electron chi connectivity index (χ0n) is 16.9. The van der Waals surface area contributed by atoms with Crippen LogP contribution >= 0.6 is 11.3 Å². The number of aromatic nitrogens is 2. The van der Waals surface area contributed by atoms with Crippen LogP contribution in [-0.2, 0) is 25.9 Å². The fourth-order valence-electron chi connectivity index (χ4n) is 4.92. The van der Waals surface area contributed by atoms with Crippen molar-refractivity contribution in [2.24, 2.45) is 0 Å². The van der Waals surface area contributed by atoms with Gasteiger partial charge in [0, 0.05) is 61.7 Å². The summed E-state index contributed by atoms with van der Waals surface area (Å²) in [5.74, 6) is 0. The Bertz CT molecular complexity index is 1030. The highest BCUT2D eigenvalue weighted by Crippen LogP contribution is 2.43. The van der Waals surface area contributed by atoms with Crippen LogP contribution in [0.1, 0.15) is 27.1 Å². The standard InChI is InChI=1S/C23H27N5S/c1-27-6-8-28(9-7-27)14-15-2-3-18-17(10-15)11-19-22(18)25-26-23(19)20-12-16-4-5-24-13-21(16)29-20/h2-3,10,12,24H,4-9,11,13-14H2,1H3,(H,25,26). The smallest absolute Gasteiger partial charge is 0.0965 e. The minimum Gasteiger partial charge on any atom is -0.312 e. The lowest BCUT2D eigenvalue weighted by Crippen LogP contribution is -2.43. The molecule has 0 amide bonds. The molecule has 0 unspecified atom stereocenters. The van der Waals surface area contributed by atoms with E-state index in [1.165, 1.54) is 56.4 Å². The van der Waals surface area contributed by atoms with E-state index in [2.05, 4.69) is 51.5 Å². The molecular formula is C23H27N5S. The molecule has 3 aromatic rings. The number of thiophene rings is 1. The van der Waals surface area contributed by atoms with E-state index < -0.39 is 0 Å². The quantitative estimate of drug-likeness (QED) is 0.550. The number of benzene rings is 1. The Balaban J connectivity index is 1.26. The molecular weight excluding hydrogens is 378 g/mol. The first kappa shape index (κ1) is 17.8. The second-order valence-corrected chi connectivity index (χ2v) is 9.80. The third kappa shape index (κ3) is 3.15. The minimum absolute atomic E-state index is 0.994. The summed E-state index contributed by atoms with van der Waals surface area (Å²) in [6, 6.07) is 9.40. The predicted octanol–water partition coefficient (Wildman–Crippen LogP) is 3.10. The molecule has 1 aliphatic carbocycles. The van der Waals surface area contributed by atoms with Crippen LogP contribution < -0.4 is 5.32 Å². The average molecular weight is 406 g/mol. The van der Waals surface area contributed by atoms with Crippen molar-refractivity contribution in [3.8, 4) is 21.8 Å². The molecule has 0 saturated carbocycles. The van der Waals surface area contributed by atoms with Crippen molar-refractivity contribution in [3.05, 3.63) is 51.4 Å². The van der Waals surface area contributed by atoms with E-state index in [1.54, 1.807) is 0 Å². The summed E-state index contributed by atoms with van der Waals surface area (Å²) in [6.45, 7) is 7.82. The molecule has 0 radical (unpaired) electrons. The largest absolute Gasteiger partial charge is 0.312 e. The van der Waals surface area contributed by atoms with Crippen molar-refractivity contribution < 1.29 is 0 Å². The van der Waals surface area contributed by atoms with Crippen molar-refractivity contribution in [2.75, 3.05) is 39.8 Å². The van der Waals surface area contributed by atoms with Gasteiger partial charge in [0.2, 0.25) is 0 Å². The van der Waals surface area contributed by atoms with Crippen LogP contribution in [0.15, 0.2) is 24.3 Å². The number of nitrogens with one attached hydrogen (secondary N) is 2. The van der Waals surface area contributed by atoms with E-state index in [0.29, 0.717) is 0 Å². The SMILES string of the molecule is CN1CCN(Cc2ccc3c(c2)Cc2c-3n[nH]c2-c2cc3c(s2)CNCC3)CC1. The van der Waals surface area contributed by atoms with E-state index >= 15 is 0 Å². The van der Waals surface area contributed by atoms with Crippen LogP contribution in [0.5, 0.6) is 0 Å². The molecule has 0 spiro atoms. The summed E-state index contributed by atoms with van der Waals surface area (Å²) in [5.41, 5.74) is 9.46. The molecule has 0 bridgehead atoms. The number of piperazine rings is 1. The molecule has 1 fully saturated rings. The van der Waals surface area contributed by atoms with Gasteiger partial charge in [0.15, 0.2) is 0 Å². The second kappa shape index (κ2) is 7.06. The Kier molecular flexibility index (Phi) is 4.34. The van der Waals surface area contributed by atoms with E-state index in [4.69, 9.17) is 5.10 Å². The molecule has 4 heterocycles. The van der Waals surface area contributed by atoms with Gasteiger partial charge in [0.1, 0.15) is 0 Å².